The minimum atomic E-state index is -0.111. The number of hydrogen-bond acceptors (Lipinski definition) is 3. The topological polar surface area (TPSA) is 41.6 Å². The molecule has 4 rings (SSSR count). The molecule has 0 bridgehead atoms. The highest BCUT2D eigenvalue weighted by Crippen LogP contribution is 2.31. The molecule has 3 aromatic rings. The molecule has 1 heterocycles. The van der Waals surface area contributed by atoms with Gasteiger partial charge in [0, 0.05) is 28.7 Å². The number of para-hydroxylation sites is 3. The minimum absolute atomic E-state index is 0.000864. The monoisotopic (exact) mass is 454 g/mol. The van der Waals surface area contributed by atoms with E-state index in [-0.39, 0.29) is 11.8 Å². The van der Waals surface area contributed by atoms with Gasteiger partial charge in [0.25, 0.3) is 0 Å². The Hall–Kier alpha value is -2.53. The molecule has 1 fully saturated rings. The zero-order chi connectivity index (χ0) is 21.6. The molecule has 0 saturated carbocycles. The summed E-state index contributed by atoms with van der Waals surface area (Å²) in [4.78, 5) is 15.3. The van der Waals surface area contributed by atoms with Crippen LogP contribution in [0.5, 0.6) is 11.5 Å². The third kappa shape index (κ3) is 5.59. The van der Waals surface area contributed by atoms with Gasteiger partial charge in [-0.1, -0.05) is 59.6 Å². The van der Waals surface area contributed by atoms with Crippen molar-refractivity contribution in [1.82, 2.24) is 4.90 Å². The molecule has 4 nitrogen and oxygen atoms in total. The number of halogens is 2. The SMILES string of the molecule is O=C(Nc1ccccc1Oc1ccccc1)[C@H]1CCCN(Cc2c(Cl)cccc2Cl)C1. The second kappa shape index (κ2) is 10.2. The predicted molar refractivity (Wildman–Crippen MR) is 126 cm³/mol. The van der Waals surface area contributed by atoms with Crippen molar-refractivity contribution in [3.8, 4) is 11.5 Å². The standard InChI is InChI=1S/C25H24Cl2N2O2/c26-21-11-6-12-22(27)20(21)17-29-15-7-8-18(16-29)25(30)28-23-13-4-5-14-24(23)31-19-9-2-1-3-10-19/h1-6,9-14,18H,7-8,15-17H2,(H,28,30)/t18-/m0/s1. The van der Waals surface area contributed by atoms with E-state index < -0.39 is 0 Å². The van der Waals surface area contributed by atoms with Crippen molar-refractivity contribution in [2.75, 3.05) is 18.4 Å². The van der Waals surface area contributed by atoms with Crippen LogP contribution < -0.4 is 10.1 Å². The third-order valence-electron chi connectivity index (χ3n) is 5.44. The number of nitrogens with zero attached hydrogens (tertiary/aromatic N) is 1. The average molecular weight is 455 g/mol. The highest BCUT2D eigenvalue weighted by molar-refractivity contribution is 6.35. The van der Waals surface area contributed by atoms with Crippen LogP contribution in [-0.2, 0) is 11.3 Å². The number of amides is 1. The molecule has 0 spiro atoms. The molecule has 1 atom stereocenters. The van der Waals surface area contributed by atoms with Gasteiger partial charge in [0.1, 0.15) is 5.75 Å². The number of hydrogen-bond donors (Lipinski definition) is 1. The number of likely N-dealkylation sites (tertiary alicyclic amines) is 1. The smallest absolute Gasteiger partial charge is 0.228 e. The van der Waals surface area contributed by atoms with Gasteiger partial charge in [-0.3, -0.25) is 9.69 Å². The van der Waals surface area contributed by atoms with Crippen LogP contribution in [-0.4, -0.2) is 23.9 Å². The van der Waals surface area contributed by atoms with Gasteiger partial charge in [-0.05, 0) is 55.8 Å². The molecule has 1 aliphatic heterocycles. The van der Waals surface area contributed by atoms with Crippen LogP contribution in [0.1, 0.15) is 18.4 Å². The number of piperidine rings is 1. The van der Waals surface area contributed by atoms with Crippen LogP contribution in [0.3, 0.4) is 0 Å². The molecule has 1 amide bonds. The van der Waals surface area contributed by atoms with Crippen LogP contribution in [0.2, 0.25) is 10.0 Å². The number of anilines is 1. The molecule has 1 saturated heterocycles. The summed E-state index contributed by atoms with van der Waals surface area (Å²) in [7, 11) is 0. The summed E-state index contributed by atoms with van der Waals surface area (Å²) in [6.45, 7) is 2.21. The lowest BCUT2D eigenvalue weighted by Gasteiger charge is -2.32. The lowest BCUT2D eigenvalue weighted by atomic mass is 9.96. The Kier molecular flexibility index (Phi) is 7.13. The summed E-state index contributed by atoms with van der Waals surface area (Å²) >= 11 is 12.7. The summed E-state index contributed by atoms with van der Waals surface area (Å²) in [6.07, 6.45) is 1.79. The predicted octanol–water partition coefficient (Wildman–Crippen LogP) is 6.64. The largest absolute Gasteiger partial charge is 0.455 e. The Morgan fingerprint density at radius 2 is 1.68 bits per heavy atom. The fourth-order valence-corrected chi connectivity index (χ4v) is 4.35. The molecule has 1 N–H and O–H groups in total. The van der Waals surface area contributed by atoms with Gasteiger partial charge in [-0.15, -0.1) is 0 Å². The lowest BCUT2D eigenvalue weighted by molar-refractivity contribution is -0.121. The van der Waals surface area contributed by atoms with Crippen molar-refractivity contribution in [3.63, 3.8) is 0 Å². The molecule has 1 aliphatic rings. The highest BCUT2D eigenvalue weighted by atomic mass is 35.5. The van der Waals surface area contributed by atoms with Crippen LogP contribution in [0.15, 0.2) is 72.8 Å². The van der Waals surface area contributed by atoms with E-state index in [0.717, 1.165) is 30.7 Å². The van der Waals surface area contributed by atoms with Crippen molar-refractivity contribution in [3.05, 3.63) is 88.4 Å². The van der Waals surface area contributed by atoms with Crippen molar-refractivity contribution in [2.24, 2.45) is 5.92 Å². The Bertz CT molecular complexity index is 1020. The number of rotatable bonds is 6. The summed E-state index contributed by atoms with van der Waals surface area (Å²) in [6, 6.07) is 22.6. The second-order valence-corrected chi connectivity index (χ2v) is 8.49. The van der Waals surface area contributed by atoms with Crippen molar-refractivity contribution in [1.29, 1.82) is 0 Å². The van der Waals surface area contributed by atoms with E-state index in [9.17, 15) is 4.79 Å². The Balaban J connectivity index is 1.42. The quantitative estimate of drug-likeness (QED) is 0.453. The van der Waals surface area contributed by atoms with Crippen molar-refractivity contribution >= 4 is 34.8 Å². The Labute approximate surface area is 192 Å². The van der Waals surface area contributed by atoms with E-state index >= 15 is 0 Å². The molecule has 0 aromatic heterocycles. The van der Waals surface area contributed by atoms with Crippen LogP contribution in [0, 0.1) is 5.92 Å². The summed E-state index contributed by atoms with van der Waals surface area (Å²) in [5.41, 5.74) is 1.58. The maximum atomic E-state index is 13.1. The van der Waals surface area contributed by atoms with Gasteiger partial charge in [0.2, 0.25) is 5.91 Å². The van der Waals surface area contributed by atoms with Crippen molar-refractivity contribution < 1.29 is 9.53 Å². The van der Waals surface area contributed by atoms with Gasteiger partial charge in [0.15, 0.2) is 5.75 Å². The Morgan fingerprint density at radius 1 is 0.968 bits per heavy atom. The highest BCUT2D eigenvalue weighted by Gasteiger charge is 2.27. The summed E-state index contributed by atoms with van der Waals surface area (Å²) in [5.74, 6) is 1.24. The summed E-state index contributed by atoms with van der Waals surface area (Å²) < 4.78 is 5.97. The zero-order valence-electron chi connectivity index (χ0n) is 17.1. The van der Waals surface area contributed by atoms with Crippen LogP contribution >= 0.6 is 23.2 Å². The van der Waals surface area contributed by atoms with Gasteiger partial charge in [-0.25, -0.2) is 0 Å². The molecule has 0 unspecified atom stereocenters. The molecular weight excluding hydrogens is 431 g/mol. The number of carbonyl (C=O) groups is 1. The summed E-state index contributed by atoms with van der Waals surface area (Å²) in [5, 5.41) is 4.38. The van der Waals surface area contributed by atoms with Gasteiger partial charge in [-0.2, -0.15) is 0 Å². The van der Waals surface area contributed by atoms with E-state index in [0.29, 0.717) is 34.6 Å². The fraction of sp³-hybridized carbons (Fsp3) is 0.240. The van der Waals surface area contributed by atoms with Crippen LogP contribution in [0.25, 0.3) is 0 Å². The third-order valence-corrected chi connectivity index (χ3v) is 6.14. The molecule has 31 heavy (non-hydrogen) atoms. The van der Waals surface area contributed by atoms with E-state index in [1.165, 1.54) is 0 Å². The molecule has 0 aliphatic carbocycles. The molecule has 3 aromatic carbocycles. The first-order valence-corrected chi connectivity index (χ1v) is 11.1. The van der Waals surface area contributed by atoms with E-state index in [1.807, 2.05) is 72.8 Å². The maximum absolute atomic E-state index is 13.1. The first-order chi connectivity index (χ1) is 15.1. The number of ether oxygens (including phenoxy) is 1. The van der Waals surface area contributed by atoms with E-state index in [1.54, 1.807) is 0 Å². The first kappa shape index (κ1) is 21.7. The fourth-order valence-electron chi connectivity index (χ4n) is 3.83. The lowest BCUT2D eigenvalue weighted by Crippen LogP contribution is -2.40. The number of benzene rings is 3. The number of carbonyl (C=O) groups excluding carboxylic acids is 1. The second-order valence-electron chi connectivity index (χ2n) is 7.68. The number of nitrogens with one attached hydrogen (secondary N) is 1. The van der Waals surface area contributed by atoms with Gasteiger partial charge in [0.05, 0.1) is 11.6 Å². The molecule has 6 heteroatoms. The average Bonchev–Trinajstić information content (AvgIpc) is 2.79. The van der Waals surface area contributed by atoms with Crippen molar-refractivity contribution in [2.45, 2.75) is 19.4 Å². The first-order valence-electron chi connectivity index (χ1n) is 10.4. The van der Waals surface area contributed by atoms with Gasteiger partial charge >= 0.3 is 0 Å². The molecule has 0 radical (unpaired) electrons. The van der Waals surface area contributed by atoms with E-state index in [4.69, 9.17) is 27.9 Å². The minimum Gasteiger partial charge on any atom is -0.455 e. The zero-order valence-corrected chi connectivity index (χ0v) is 18.6. The van der Waals surface area contributed by atoms with Gasteiger partial charge < -0.3 is 10.1 Å². The maximum Gasteiger partial charge on any atom is 0.228 e. The Morgan fingerprint density at radius 3 is 2.45 bits per heavy atom. The van der Waals surface area contributed by atoms with E-state index in [2.05, 4.69) is 10.2 Å². The normalized spacial score (nSPS) is 16.6. The molecule has 160 valence electrons. The van der Waals surface area contributed by atoms with Crippen LogP contribution in [0.4, 0.5) is 5.69 Å². The molecular formula is C25H24Cl2N2O2.